The number of aromatic amines is 1. The zero-order chi connectivity index (χ0) is 12.7. The molecule has 1 atom stereocenters. The highest BCUT2D eigenvalue weighted by Crippen LogP contribution is 2.36. The molecule has 0 bridgehead atoms. The van der Waals surface area contributed by atoms with E-state index in [-0.39, 0.29) is 0 Å². The lowest BCUT2D eigenvalue weighted by Crippen LogP contribution is -2.31. The number of hydrogen-bond donors (Lipinski definition) is 2. The highest BCUT2D eigenvalue weighted by molar-refractivity contribution is 5.98. The quantitative estimate of drug-likeness (QED) is 0.827. The maximum Gasteiger partial charge on any atom is 0.0462 e. The molecule has 0 unspecified atom stereocenters. The SMILES string of the molecule is CN[C@@H]1Cc2c[nH]c3cccc(c23)/C1=C/C(C)C. The van der Waals surface area contributed by atoms with Crippen LogP contribution in [0.2, 0.25) is 0 Å². The van der Waals surface area contributed by atoms with Crippen molar-refractivity contribution >= 4 is 16.5 Å². The van der Waals surface area contributed by atoms with Gasteiger partial charge in [-0.1, -0.05) is 32.1 Å². The Labute approximate surface area is 108 Å². The second-order valence-electron chi connectivity index (χ2n) is 5.45. The number of aromatic nitrogens is 1. The van der Waals surface area contributed by atoms with Crippen LogP contribution in [-0.2, 0) is 6.42 Å². The number of benzene rings is 1. The minimum Gasteiger partial charge on any atom is -0.361 e. The largest absolute Gasteiger partial charge is 0.361 e. The summed E-state index contributed by atoms with van der Waals surface area (Å²) < 4.78 is 0. The first-order valence-electron chi connectivity index (χ1n) is 6.69. The molecule has 94 valence electrons. The molecule has 2 heteroatoms. The van der Waals surface area contributed by atoms with Gasteiger partial charge >= 0.3 is 0 Å². The van der Waals surface area contributed by atoms with E-state index in [0.717, 1.165) is 6.42 Å². The molecule has 0 amide bonds. The van der Waals surface area contributed by atoms with Crippen molar-refractivity contribution in [2.75, 3.05) is 7.05 Å². The Bertz CT molecular complexity index is 605. The van der Waals surface area contributed by atoms with Gasteiger partial charge in [0, 0.05) is 23.1 Å². The van der Waals surface area contributed by atoms with Crippen LogP contribution in [-0.4, -0.2) is 18.1 Å². The first kappa shape index (κ1) is 11.5. The first-order chi connectivity index (χ1) is 8.70. The molecule has 1 aromatic carbocycles. The smallest absolute Gasteiger partial charge is 0.0462 e. The molecule has 0 aliphatic heterocycles. The summed E-state index contributed by atoms with van der Waals surface area (Å²) in [6, 6.07) is 6.98. The summed E-state index contributed by atoms with van der Waals surface area (Å²) in [7, 11) is 2.05. The molecule has 0 saturated heterocycles. The van der Waals surface area contributed by atoms with Gasteiger partial charge in [-0.3, -0.25) is 0 Å². The molecule has 0 fully saturated rings. The van der Waals surface area contributed by atoms with E-state index < -0.39 is 0 Å². The fourth-order valence-electron chi connectivity index (χ4n) is 3.00. The van der Waals surface area contributed by atoms with Gasteiger partial charge in [0.15, 0.2) is 0 Å². The molecule has 0 saturated carbocycles. The highest BCUT2D eigenvalue weighted by atomic mass is 14.9. The Morgan fingerprint density at radius 1 is 1.39 bits per heavy atom. The summed E-state index contributed by atoms with van der Waals surface area (Å²) in [6.45, 7) is 4.49. The van der Waals surface area contributed by atoms with Crippen LogP contribution in [0.5, 0.6) is 0 Å². The van der Waals surface area contributed by atoms with Crippen molar-refractivity contribution in [2.45, 2.75) is 26.3 Å². The third-order valence-electron chi connectivity index (χ3n) is 3.76. The molecular formula is C16H20N2. The first-order valence-corrected chi connectivity index (χ1v) is 6.69. The van der Waals surface area contributed by atoms with Crippen molar-refractivity contribution in [1.29, 1.82) is 0 Å². The fraction of sp³-hybridized carbons (Fsp3) is 0.375. The number of nitrogens with one attached hydrogen (secondary N) is 2. The van der Waals surface area contributed by atoms with Gasteiger partial charge < -0.3 is 10.3 Å². The van der Waals surface area contributed by atoms with Crippen molar-refractivity contribution in [3.05, 3.63) is 41.6 Å². The van der Waals surface area contributed by atoms with Crippen molar-refractivity contribution in [1.82, 2.24) is 10.3 Å². The molecule has 1 heterocycles. The minimum absolute atomic E-state index is 0.432. The van der Waals surface area contributed by atoms with E-state index in [9.17, 15) is 0 Å². The third kappa shape index (κ3) is 1.68. The van der Waals surface area contributed by atoms with Crippen molar-refractivity contribution in [2.24, 2.45) is 5.92 Å². The molecule has 2 aromatic rings. The zero-order valence-electron chi connectivity index (χ0n) is 11.2. The molecule has 2 nitrogen and oxygen atoms in total. The summed E-state index contributed by atoms with van der Waals surface area (Å²) in [5.41, 5.74) is 5.53. The summed E-state index contributed by atoms with van der Waals surface area (Å²) in [6.07, 6.45) is 5.63. The molecule has 0 radical (unpaired) electrons. The number of rotatable bonds is 2. The summed E-state index contributed by atoms with van der Waals surface area (Å²) in [5, 5.41) is 4.86. The summed E-state index contributed by atoms with van der Waals surface area (Å²) in [5.74, 6) is 0.576. The van der Waals surface area contributed by atoms with Crippen molar-refractivity contribution in [3.8, 4) is 0 Å². The number of H-pyrrole nitrogens is 1. The highest BCUT2D eigenvalue weighted by Gasteiger charge is 2.25. The minimum atomic E-state index is 0.432. The normalized spacial score (nSPS) is 21.1. The van der Waals surface area contributed by atoms with Crippen LogP contribution in [0.25, 0.3) is 16.5 Å². The molecular weight excluding hydrogens is 220 g/mol. The maximum absolute atomic E-state index is 3.45. The third-order valence-corrected chi connectivity index (χ3v) is 3.76. The monoisotopic (exact) mass is 240 g/mol. The lowest BCUT2D eigenvalue weighted by atomic mass is 9.83. The van der Waals surface area contributed by atoms with Crippen LogP contribution in [0.1, 0.15) is 25.0 Å². The predicted molar refractivity (Wildman–Crippen MR) is 77.7 cm³/mol. The van der Waals surface area contributed by atoms with Crippen LogP contribution in [0.15, 0.2) is 30.5 Å². The van der Waals surface area contributed by atoms with E-state index in [1.54, 1.807) is 0 Å². The van der Waals surface area contributed by atoms with E-state index in [2.05, 4.69) is 61.7 Å². The van der Waals surface area contributed by atoms with Crippen LogP contribution in [0.4, 0.5) is 0 Å². The van der Waals surface area contributed by atoms with Crippen LogP contribution in [0.3, 0.4) is 0 Å². The Morgan fingerprint density at radius 2 is 2.22 bits per heavy atom. The number of likely N-dealkylation sites (N-methyl/N-ethyl adjacent to an activating group) is 1. The lowest BCUT2D eigenvalue weighted by Gasteiger charge is -2.26. The molecule has 1 aliphatic rings. The van der Waals surface area contributed by atoms with Crippen molar-refractivity contribution in [3.63, 3.8) is 0 Å². The van der Waals surface area contributed by atoms with Gasteiger partial charge in [-0.2, -0.15) is 0 Å². The Balaban J connectivity index is 2.26. The molecule has 0 spiro atoms. The average Bonchev–Trinajstić information content (AvgIpc) is 2.76. The van der Waals surface area contributed by atoms with Gasteiger partial charge in [-0.05, 0) is 42.2 Å². The van der Waals surface area contributed by atoms with Gasteiger partial charge in [0.25, 0.3) is 0 Å². The van der Waals surface area contributed by atoms with E-state index in [4.69, 9.17) is 0 Å². The predicted octanol–water partition coefficient (Wildman–Crippen LogP) is 3.35. The van der Waals surface area contributed by atoms with E-state index in [1.165, 1.54) is 27.6 Å². The maximum atomic E-state index is 3.45. The second kappa shape index (κ2) is 4.29. The van der Waals surface area contributed by atoms with Gasteiger partial charge in [-0.15, -0.1) is 0 Å². The summed E-state index contributed by atoms with van der Waals surface area (Å²) in [4.78, 5) is 3.38. The van der Waals surface area contributed by atoms with Crippen LogP contribution in [0, 0.1) is 5.92 Å². The van der Waals surface area contributed by atoms with Gasteiger partial charge in [0.2, 0.25) is 0 Å². The van der Waals surface area contributed by atoms with E-state index >= 15 is 0 Å². The van der Waals surface area contributed by atoms with Crippen LogP contribution < -0.4 is 5.32 Å². The summed E-state index contributed by atoms with van der Waals surface area (Å²) >= 11 is 0. The van der Waals surface area contributed by atoms with Gasteiger partial charge in [0.05, 0.1) is 0 Å². The Kier molecular flexibility index (Phi) is 2.75. The van der Waals surface area contributed by atoms with Crippen LogP contribution >= 0.6 is 0 Å². The molecule has 1 aliphatic carbocycles. The molecule has 2 N–H and O–H groups in total. The van der Waals surface area contributed by atoms with Gasteiger partial charge in [0.1, 0.15) is 0 Å². The number of hydrogen-bond acceptors (Lipinski definition) is 1. The van der Waals surface area contributed by atoms with Gasteiger partial charge in [-0.25, -0.2) is 0 Å². The number of allylic oxidation sites excluding steroid dienone is 1. The average molecular weight is 240 g/mol. The second-order valence-corrected chi connectivity index (χ2v) is 5.45. The molecule has 3 rings (SSSR count). The lowest BCUT2D eigenvalue weighted by molar-refractivity contribution is 0.670. The van der Waals surface area contributed by atoms with Crippen molar-refractivity contribution < 1.29 is 0 Å². The Hall–Kier alpha value is -1.54. The molecule has 1 aromatic heterocycles. The standard InChI is InChI=1S/C16H20N2/c1-10(2)7-13-12-5-4-6-14-16(12)11(9-18-14)8-15(13)17-3/h4-7,9-10,15,17-18H,8H2,1-3H3/b13-7-/t15-/m1/s1. The molecule has 18 heavy (non-hydrogen) atoms. The van der Waals surface area contributed by atoms with E-state index in [1.807, 2.05) is 0 Å². The fourth-order valence-corrected chi connectivity index (χ4v) is 3.00. The van der Waals surface area contributed by atoms with E-state index in [0.29, 0.717) is 12.0 Å². The zero-order valence-corrected chi connectivity index (χ0v) is 11.2. The Morgan fingerprint density at radius 3 is 2.94 bits per heavy atom. The topological polar surface area (TPSA) is 27.8 Å².